The van der Waals surface area contributed by atoms with E-state index in [1.807, 2.05) is 49.1 Å². The molecule has 5 atom stereocenters. The second kappa shape index (κ2) is 11.2. The highest BCUT2D eigenvalue weighted by atomic mass is 16.7. The van der Waals surface area contributed by atoms with Crippen LogP contribution in [0.25, 0.3) is 0 Å². The van der Waals surface area contributed by atoms with Crippen molar-refractivity contribution in [3.63, 3.8) is 0 Å². The van der Waals surface area contributed by atoms with Crippen LogP contribution in [0.15, 0.2) is 78.4 Å². The molecule has 1 fully saturated rings. The van der Waals surface area contributed by atoms with Gasteiger partial charge in [-0.2, -0.15) is 0 Å². The fourth-order valence-electron chi connectivity index (χ4n) is 4.84. The minimum Gasteiger partial charge on any atom is -0.429 e. The van der Waals surface area contributed by atoms with Crippen molar-refractivity contribution < 1.29 is 34.4 Å². The minimum atomic E-state index is -1.61. The van der Waals surface area contributed by atoms with Crippen molar-refractivity contribution in [1.82, 2.24) is 0 Å². The molecule has 0 aliphatic carbocycles. The molecule has 2 aliphatic heterocycles. The van der Waals surface area contributed by atoms with E-state index in [2.05, 4.69) is 11.4 Å². The van der Waals surface area contributed by atoms with Gasteiger partial charge in [-0.3, -0.25) is 4.79 Å². The highest BCUT2D eigenvalue weighted by molar-refractivity contribution is 6.11. The van der Waals surface area contributed by atoms with Crippen LogP contribution in [0.5, 0.6) is 0 Å². The largest absolute Gasteiger partial charge is 0.429 e. The number of allylic oxidation sites excluding steroid dienone is 1. The quantitative estimate of drug-likeness (QED) is 0.206. The van der Waals surface area contributed by atoms with Crippen molar-refractivity contribution >= 4 is 34.5 Å². The maximum absolute atomic E-state index is 13.3. The van der Waals surface area contributed by atoms with Gasteiger partial charge < -0.3 is 35.0 Å². The molecule has 0 bridgehead atoms. The number of esters is 1. The number of fused-ring (bicyclic) bond motifs is 2. The smallest absolute Gasteiger partial charge is 0.342 e. The number of anilines is 4. The van der Waals surface area contributed by atoms with Gasteiger partial charge in [-0.25, -0.2) is 4.79 Å². The Bertz CT molecular complexity index is 1450. The van der Waals surface area contributed by atoms with E-state index in [1.165, 1.54) is 6.92 Å². The predicted molar refractivity (Wildman–Crippen MR) is 150 cm³/mol. The van der Waals surface area contributed by atoms with E-state index < -0.39 is 36.7 Å². The lowest BCUT2D eigenvalue weighted by Crippen LogP contribution is -2.57. The summed E-state index contributed by atoms with van der Waals surface area (Å²) in [6.07, 6.45) is -4.70. The number of rotatable bonds is 6. The van der Waals surface area contributed by atoms with Crippen molar-refractivity contribution in [2.24, 2.45) is 0 Å². The second-order valence-corrected chi connectivity index (χ2v) is 10.2. The fraction of sp³-hybridized carbons (Fsp3) is 0.290. The summed E-state index contributed by atoms with van der Waals surface area (Å²) in [6.45, 7) is 5.99. The van der Waals surface area contributed by atoms with Crippen LogP contribution in [-0.4, -0.2) is 64.3 Å². The van der Waals surface area contributed by atoms with Gasteiger partial charge in [-0.15, -0.1) is 0 Å². The number of benzene rings is 3. The average molecular weight is 545 g/mol. The fourth-order valence-corrected chi connectivity index (χ4v) is 4.84. The molecule has 0 amide bonds. The van der Waals surface area contributed by atoms with Crippen LogP contribution in [0, 0.1) is 0 Å². The maximum Gasteiger partial charge on any atom is 0.342 e. The molecule has 5 rings (SSSR count). The predicted octanol–water partition coefficient (Wildman–Crippen LogP) is 4.06. The normalized spacial score (nSPS) is 23.4. The Labute approximate surface area is 232 Å². The average Bonchev–Trinajstić information content (AvgIpc) is 2.96. The van der Waals surface area contributed by atoms with Crippen LogP contribution in [0.4, 0.5) is 22.7 Å². The molecule has 3 aromatic rings. The van der Waals surface area contributed by atoms with Gasteiger partial charge in [0.2, 0.25) is 6.29 Å². The number of nitrogens with one attached hydrogen (secondary N) is 1. The molecule has 0 spiro atoms. The number of ether oxygens (including phenoxy) is 2. The summed E-state index contributed by atoms with van der Waals surface area (Å²) in [7, 11) is 0. The maximum atomic E-state index is 13.3. The summed E-state index contributed by atoms with van der Waals surface area (Å²) in [5, 5.41) is 33.7. The highest BCUT2D eigenvalue weighted by Gasteiger charge is 2.44. The number of aliphatic hydroxyl groups is 3. The van der Waals surface area contributed by atoms with E-state index in [0.29, 0.717) is 34.7 Å². The van der Waals surface area contributed by atoms with E-state index >= 15 is 0 Å². The first-order valence-corrected chi connectivity index (χ1v) is 13.1. The topological polar surface area (TPSA) is 129 Å². The standard InChI is InChI=1S/C31H32N2O7/c1-17(2)14-15-33-23-11-7-10-21(30(38)40-31-29(37)28(36)26(34)18(3)39-31)25(23)32-22-13-12-20(16-24(22)33)27(35)19-8-5-4-6-9-19/h4-14,16,18,26,28-29,31-32,34,36-37H,15H2,1-3H3/t18-,26?,28?,29?,31-/m0/s1. The molecule has 208 valence electrons. The van der Waals surface area contributed by atoms with Gasteiger partial charge in [0.25, 0.3) is 0 Å². The Morgan fingerprint density at radius 1 is 0.925 bits per heavy atom. The lowest BCUT2D eigenvalue weighted by Gasteiger charge is -2.38. The lowest BCUT2D eigenvalue weighted by atomic mass is 9.99. The first-order chi connectivity index (χ1) is 19.2. The number of nitrogens with zero attached hydrogens (tertiary/aromatic N) is 1. The van der Waals surface area contributed by atoms with Gasteiger partial charge in [-0.1, -0.05) is 48.0 Å². The summed E-state index contributed by atoms with van der Waals surface area (Å²) >= 11 is 0. The lowest BCUT2D eigenvalue weighted by molar-refractivity contribution is -0.276. The van der Waals surface area contributed by atoms with Crippen molar-refractivity contribution in [2.75, 3.05) is 16.8 Å². The number of ketones is 1. The number of hydrogen-bond donors (Lipinski definition) is 4. The van der Waals surface area contributed by atoms with Crippen LogP contribution < -0.4 is 10.2 Å². The van der Waals surface area contributed by atoms with Crippen LogP contribution in [0.2, 0.25) is 0 Å². The van der Waals surface area contributed by atoms with Crippen molar-refractivity contribution in [3.05, 3.63) is 95.1 Å². The third-order valence-corrected chi connectivity index (χ3v) is 7.11. The first kappa shape index (κ1) is 27.5. The summed E-state index contributed by atoms with van der Waals surface area (Å²) < 4.78 is 10.9. The Hall–Kier alpha value is -4.02. The second-order valence-electron chi connectivity index (χ2n) is 10.2. The number of para-hydroxylation sites is 1. The molecular formula is C31H32N2O7. The molecule has 0 radical (unpaired) electrons. The van der Waals surface area contributed by atoms with E-state index in [9.17, 15) is 24.9 Å². The van der Waals surface area contributed by atoms with Gasteiger partial charge in [0, 0.05) is 17.7 Å². The van der Waals surface area contributed by atoms with Crippen molar-refractivity contribution in [3.8, 4) is 0 Å². The number of carbonyl (C=O) groups is 2. The molecule has 0 aromatic heterocycles. The monoisotopic (exact) mass is 544 g/mol. The Kier molecular flexibility index (Phi) is 7.73. The summed E-state index contributed by atoms with van der Waals surface area (Å²) in [5.41, 5.74) is 5.07. The highest BCUT2D eigenvalue weighted by Crippen LogP contribution is 2.46. The van der Waals surface area contributed by atoms with Crippen LogP contribution in [0.1, 0.15) is 47.1 Å². The SMILES string of the molecule is CC(C)=CCN1c2cc(C(=O)c3ccccc3)ccc2Nc2c(C(=O)O[C@@H]3O[C@@H](C)C(O)C(O)C3O)cccc21. The third-order valence-electron chi connectivity index (χ3n) is 7.11. The Balaban J connectivity index is 1.49. The van der Waals surface area contributed by atoms with Crippen molar-refractivity contribution in [1.29, 1.82) is 0 Å². The zero-order chi connectivity index (χ0) is 28.6. The van der Waals surface area contributed by atoms with Gasteiger partial charge >= 0.3 is 5.97 Å². The molecule has 9 nitrogen and oxygen atoms in total. The van der Waals surface area contributed by atoms with E-state index in [-0.39, 0.29) is 11.3 Å². The molecule has 3 unspecified atom stereocenters. The first-order valence-electron chi connectivity index (χ1n) is 13.1. The third kappa shape index (κ3) is 5.24. The molecule has 3 aromatic carbocycles. The minimum absolute atomic E-state index is 0.0961. The van der Waals surface area contributed by atoms with Gasteiger partial charge in [0.1, 0.15) is 18.3 Å². The molecule has 4 N–H and O–H groups in total. The molecule has 0 saturated carbocycles. The summed E-state index contributed by atoms with van der Waals surface area (Å²) in [6, 6.07) is 19.6. The zero-order valence-electron chi connectivity index (χ0n) is 22.4. The van der Waals surface area contributed by atoms with Crippen molar-refractivity contribution in [2.45, 2.75) is 51.5 Å². The zero-order valence-corrected chi connectivity index (χ0v) is 22.4. The van der Waals surface area contributed by atoms with E-state index in [4.69, 9.17) is 9.47 Å². The molecule has 9 heteroatoms. The van der Waals surface area contributed by atoms with Crippen LogP contribution in [0.3, 0.4) is 0 Å². The molecule has 2 aliphatic rings. The van der Waals surface area contributed by atoms with Crippen LogP contribution >= 0.6 is 0 Å². The van der Waals surface area contributed by atoms with E-state index in [1.54, 1.807) is 36.4 Å². The molecule has 2 heterocycles. The number of carbonyl (C=O) groups excluding carboxylic acids is 2. The Morgan fingerprint density at radius 3 is 2.40 bits per heavy atom. The number of hydrogen-bond acceptors (Lipinski definition) is 9. The molecule has 1 saturated heterocycles. The summed E-state index contributed by atoms with van der Waals surface area (Å²) in [5.74, 6) is -0.869. The van der Waals surface area contributed by atoms with E-state index in [0.717, 1.165) is 11.3 Å². The van der Waals surface area contributed by atoms with Gasteiger partial charge in [0.15, 0.2) is 5.78 Å². The molecule has 40 heavy (non-hydrogen) atoms. The molecular weight excluding hydrogens is 512 g/mol. The van der Waals surface area contributed by atoms with Gasteiger partial charge in [0.05, 0.1) is 34.4 Å². The number of aliphatic hydroxyl groups excluding tert-OH is 3. The van der Waals surface area contributed by atoms with Crippen LogP contribution in [-0.2, 0) is 9.47 Å². The summed E-state index contributed by atoms with van der Waals surface area (Å²) in [4.78, 5) is 28.6. The Morgan fingerprint density at radius 2 is 1.68 bits per heavy atom. The van der Waals surface area contributed by atoms with Gasteiger partial charge in [-0.05, 0) is 51.1 Å².